The second-order valence-corrected chi connectivity index (χ2v) is 9.30. The topological polar surface area (TPSA) is 75.1 Å². The lowest BCUT2D eigenvalue weighted by molar-refractivity contribution is 0.259. The molecule has 1 aromatic heterocycles. The molecule has 6 nitrogen and oxygen atoms in total. The summed E-state index contributed by atoms with van der Waals surface area (Å²) in [5.74, 6) is 2.74. The molecule has 188 valence electrons. The average Bonchev–Trinajstić information content (AvgIpc) is 2.92. The Morgan fingerprint density at radius 1 is 0.946 bits per heavy atom. The van der Waals surface area contributed by atoms with Crippen LogP contribution in [-0.4, -0.2) is 34.9 Å². The summed E-state index contributed by atoms with van der Waals surface area (Å²) < 4.78 is 12.6. The van der Waals surface area contributed by atoms with Gasteiger partial charge in [0.1, 0.15) is 41.5 Å². The van der Waals surface area contributed by atoms with E-state index in [-0.39, 0.29) is 23.6 Å². The number of hydrogen-bond acceptors (Lipinski definition) is 6. The molecule has 1 aliphatic rings. The van der Waals surface area contributed by atoms with E-state index in [2.05, 4.69) is 16.8 Å². The Morgan fingerprint density at radius 2 is 1.73 bits per heavy atom. The number of anilines is 1. The second kappa shape index (κ2) is 10.3. The number of ether oxygens (including phenoxy) is 2. The Bertz CT molecular complexity index is 1420. The molecule has 2 N–H and O–H groups in total. The summed E-state index contributed by atoms with van der Waals surface area (Å²) in [7, 11) is 2.01. The van der Waals surface area contributed by atoms with Crippen LogP contribution in [0.4, 0.5) is 5.82 Å². The number of phenolic OH excluding ortho intramolecular Hbond substituents is 2. The minimum atomic E-state index is -0.387. The molecular formula is C31H30N2O4. The lowest BCUT2D eigenvalue weighted by Crippen LogP contribution is -2.34. The highest BCUT2D eigenvalue weighted by molar-refractivity contribution is 5.95. The third kappa shape index (κ3) is 5.09. The third-order valence-electron chi connectivity index (χ3n) is 6.78. The van der Waals surface area contributed by atoms with Crippen LogP contribution >= 0.6 is 0 Å². The standard InChI is InChI=1S/C31H30N2O4/c1-20(33(3)29-9-4-5-16-32-29)19-36-26-13-10-22(11-14-26)31-30(23-7-6-8-24(34)17-23)21(2)27-18-25(35)12-15-28(27)37-31/h4-18,20,31,34-35H,19H2,1-3H3. The van der Waals surface area contributed by atoms with Crippen molar-refractivity contribution >= 4 is 17.0 Å². The van der Waals surface area contributed by atoms with Crippen molar-refractivity contribution in [3.05, 3.63) is 108 Å². The van der Waals surface area contributed by atoms with Crippen molar-refractivity contribution in [3.8, 4) is 23.0 Å². The van der Waals surface area contributed by atoms with Gasteiger partial charge in [-0.05, 0) is 85.1 Å². The molecule has 0 spiro atoms. The van der Waals surface area contributed by atoms with Crippen molar-refractivity contribution in [2.24, 2.45) is 0 Å². The maximum atomic E-state index is 10.2. The molecule has 2 atom stereocenters. The molecule has 0 fully saturated rings. The number of aromatic nitrogens is 1. The zero-order valence-corrected chi connectivity index (χ0v) is 21.1. The fraction of sp³-hybridized carbons (Fsp3) is 0.194. The zero-order chi connectivity index (χ0) is 25.9. The normalized spacial score (nSPS) is 15.5. The van der Waals surface area contributed by atoms with Crippen LogP contribution in [0.3, 0.4) is 0 Å². The van der Waals surface area contributed by atoms with Crippen molar-refractivity contribution in [2.75, 3.05) is 18.6 Å². The van der Waals surface area contributed by atoms with E-state index in [9.17, 15) is 10.2 Å². The molecule has 0 radical (unpaired) electrons. The Hall–Kier alpha value is -4.45. The van der Waals surface area contributed by atoms with Crippen molar-refractivity contribution in [1.82, 2.24) is 4.98 Å². The second-order valence-electron chi connectivity index (χ2n) is 9.30. The molecule has 6 heteroatoms. The fourth-order valence-corrected chi connectivity index (χ4v) is 4.57. The summed E-state index contributed by atoms with van der Waals surface area (Å²) in [6.07, 6.45) is 1.40. The number of benzene rings is 3. The number of pyridine rings is 1. The quantitative estimate of drug-likeness (QED) is 0.307. The van der Waals surface area contributed by atoms with Crippen LogP contribution in [-0.2, 0) is 0 Å². The van der Waals surface area contributed by atoms with Gasteiger partial charge in [0, 0.05) is 24.4 Å². The van der Waals surface area contributed by atoms with Crippen LogP contribution in [0.25, 0.3) is 11.1 Å². The highest BCUT2D eigenvalue weighted by Crippen LogP contribution is 2.47. The predicted octanol–water partition coefficient (Wildman–Crippen LogP) is 6.46. The first kappa shape index (κ1) is 24.3. The Kier molecular flexibility index (Phi) is 6.73. The van der Waals surface area contributed by atoms with Crippen LogP contribution in [0.2, 0.25) is 0 Å². The number of aromatic hydroxyl groups is 2. The van der Waals surface area contributed by atoms with Gasteiger partial charge in [0.2, 0.25) is 0 Å². The largest absolute Gasteiger partial charge is 0.508 e. The van der Waals surface area contributed by atoms with E-state index in [1.165, 1.54) is 0 Å². The fourth-order valence-electron chi connectivity index (χ4n) is 4.57. The molecule has 3 aromatic carbocycles. The van der Waals surface area contributed by atoms with Gasteiger partial charge < -0.3 is 24.6 Å². The summed E-state index contributed by atoms with van der Waals surface area (Å²) in [6.45, 7) is 4.63. The Balaban J connectivity index is 1.39. The van der Waals surface area contributed by atoms with Gasteiger partial charge in [-0.25, -0.2) is 4.98 Å². The molecule has 2 heterocycles. The molecule has 0 saturated carbocycles. The van der Waals surface area contributed by atoms with E-state index >= 15 is 0 Å². The first-order valence-electron chi connectivity index (χ1n) is 12.3. The highest BCUT2D eigenvalue weighted by atomic mass is 16.5. The molecule has 4 aromatic rings. The van der Waals surface area contributed by atoms with Gasteiger partial charge in [-0.2, -0.15) is 0 Å². The molecule has 0 bridgehead atoms. The van der Waals surface area contributed by atoms with Crippen molar-refractivity contribution in [1.29, 1.82) is 0 Å². The SMILES string of the molecule is CC1=C(c2cccc(O)c2)C(c2ccc(OCC(C)N(C)c3ccccn3)cc2)Oc2ccc(O)cc21. The number of allylic oxidation sites excluding steroid dienone is 1. The predicted molar refractivity (Wildman–Crippen MR) is 146 cm³/mol. The molecule has 0 aliphatic carbocycles. The molecule has 37 heavy (non-hydrogen) atoms. The number of hydrogen-bond donors (Lipinski definition) is 2. The summed E-state index contributed by atoms with van der Waals surface area (Å²) in [4.78, 5) is 6.50. The molecular weight excluding hydrogens is 464 g/mol. The van der Waals surface area contributed by atoms with E-state index in [1.807, 2.05) is 68.6 Å². The maximum absolute atomic E-state index is 10.2. The van der Waals surface area contributed by atoms with Crippen molar-refractivity contribution in [2.45, 2.75) is 26.0 Å². The van der Waals surface area contributed by atoms with Crippen LogP contribution in [0.1, 0.15) is 36.6 Å². The number of fused-ring (bicyclic) bond motifs is 1. The van der Waals surface area contributed by atoms with E-state index in [0.29, 0.717) is 12.4 Å². The molecule has 5 rings (SSSR count). The molecule has 0 amide bonds. The van der Waals surface area contributed by atoms with Gasteiger partial charge in [0.05, 0.1) is 6.04 Å². The summed E-state index contributed by atoms with van der Waals surface area (Å²) in [6, 6.07) is 26.2. The molecule has 1 aliphatic heterocycles. The van der Waals surface area contributed by atoms with Crippen LogP contribution in [0.5, 0.6) is 23.0 Å². The lowest BCUT2D eigenvalue weighted by atomic mass is 9.86. The average molecular weight is 495 g/mol. The number of rotatable bonds is 7. The van der Waals surface area contributed by atoms with Crippen molar-refractivity contribution < 1.29 is 19.7 Å². The van der Waals surface area contributed by atoms with Gasteiger partial charge in [0.25, 0.3) is 0 Å². The molecule has 0 saturated heterocycles. The number of likely N-dealkylation sites (N-methyl/N-ethyl adjacent to an activating group) is 1. The minimum Gasteiger partial charge on any atom is -0.508 e. The Morgan fingerprint density at radius 3 is 2.46 bits per heavy atom. The van der Waals surface area contributed by atoms with E-state index in [1.54, 1.807) is 36.5 Å². The molecule has 2 unspecified atom stereocenters. The summed E-state index contributed by atoms with van der Waals surface area (Å²) in [5.41, 5.74) is 4.58. The smallest absolute Gasteiger partial charge is 0.150 e. The lowest BCUT2D eigenvalue weighted by Gasteiger charge is -2.31. The maximum Gasteiger partial charge on any atom is 0.150 e. The van der Waals surface area contributed by atoms with Gasteiger partial charge in [-0.15, -0.1) is 0 Å². The summed E-state index contributed by atoms with van der Waals surface area (Å²) >= 11 is 0. The minimum absolute atomic E-state index is 0.132. The zero-order valence-electron chi connectivity index (χ0n) is 21.1. The number of phenols is 2. The summed E-state index contributed by atoms with van der Waals surface area (Å²) in [5, 5.41) is 20.2. The van der Waals surface area contributed by atoms with Crippen LogP contribution in [0, 0.1) is 0 Å². The van der Waals surface area contributed by atoms with Crippen LogP contribution in [0.15, 0.2) is 91.1 Å². The Labute approximate surface area is 217 Å². The highest BCUT2D eigenvalue weighted by Gasteiger charge is 2.29. The third-order valence-corrected chi connectivity index (χ3v) is 6.78. The van der Waals surface area contributed by atoms with E-state index in [4.69, 9.17) is 9.47 Å². The van der Waals surface area contributed by atoms with E-state index in [0.717, 1.165) is 39.4 Å². The number of nitrogens with zero attached hydrogens (tertiary/aromatic N) is 2. The van der Waals surface area contributed by atoms with Gasteiger partial charge in [-0.1, -0.05) is 30.3 Å². The van der Waals surface area contributed by atoms with Crippen LogP contribution < -0.4 is 14.4 Å². The van der Waals surface area contributed by atoms with Gasteiger partial charge in [-0.3, -0.25) is 0 Å². The van der Waals surface area contributed by atoms with Gasteiger partial charge in [0.15, 0.2) is 0 Å². The first-order valence-corrected chi connectivity index (χ1v) is 12.3. The first-order chi connectivity index (χ1) is 17.9. The monoisotopic (exact) mass is 494 g/mol. The van der Waals surface area contributed by atoms with Gasteiger partial charge >= 0.3 is 0 Å². The van der Waals surface area contributed by atoms with Crippen molar-refractivity contribution in [3.63, 3.8) is 0 Å². The van der Waals surface area contributed by atoms with E-state index < -0.39 is 0 Å².